The van der Waals surface area contributed by atoms with E-state index in [9.17, 15) is 24.9 Å². The predicted molar refractivity (Wildman–Crippen MR) is 80.6 cm³/mol. The van der Waals surface area contributed by atoms with Gasteiger partial charge in [0.25, 0.3) is 5.95 Å². The van der Waals surface area contributed by atoms with Crippen molar-refractivity contribution in [1.29, 1.82) is 0 Å². The molecule has 1 aromatic heterocycles. The Bertz CT molecular complexity index is 895. The van der Waals surface area contributed by atoms with Crippen LogP contribution in [0.4, 0.5) is 0 Å². The summed E-state index contributed by atoms with van der Waals surface area (Å²) in [6.45, 7) is -0.367. The largest absolute Gasteiger partial charge is 0.507 e. The number of hydrogen-bond donors (Lipinski definition) is 3. The average molecular weight is 334 g/mol. The molecule has 1 aromatic carbocycles. The lowest BCUT2D eigenvalue weighted by Gasteiger charge is -2.17. The van der Waals surface area contributed by atoms with Gasteiger partial charge in [0, 0.05) is 0 Å². The van der Waals surface area contributed by atoms with Crippen molar-refractivity contribution in [3.8, 4) is 11.7 Å². The second-order valence-electron chi connectivity index (χ2n) is 5.22. The van der Waals surface area contributed by atoms with Crippen LogP contribution in [0.3, 0.4) is 0 Å². The zero-order valence-corrected chi connectivity index (χ0v) is 12.6. The van der Waals surface area contributed by atoms with Gasteiger partial charge in [-0.25, -0.2) is 0 Å². The van der Waals surface area contributed by atoms with Crippen LogP contribution in [0.1, 0.15) is 17.0 Å². The molecule has 0 amide bonds. The third kappa shape index (κ3) is 2.41. The molecule has 0 saturated heterocycles. The van der Waals surface area contributed by atoms with Crippen LogP contribution < -0.4 is 10.2 Å². The van der Waals surface area contributed by atoms with Gasteiger partial charge in [0.1, 0.15) is 22.6 Å². The average Bonchev–Trinajstić information content (AvgIpc) is 2.72. The first kappa shape index (κ1) is 16.0. The Balaban J connectivity index is 2.37. The SMILES string of the molecule is COC(=O)[C@H]1c2c(oc3cc(CO)cc(O)c3c2=O)OC=C[C@H]1O. The van der Waals surface area contributed by atoms with E-state index in [1.54, 1.807) is 0 Å². The number of rotatable bonds is 2. The van der Waals surface area contributed by atoms with Crippen LogP contribution in [-0.4, -0.2) is 34.5 Å². The molecule has 2 atom stereocenters. The van der Waals surface area contributed by atoms with Gasteiger partial charge >= 0.3 is 5.97 Å². The minimum atomic E-state index is -1.36. The number of methoxy groups -OCH3 is 1. The lowest BCUT2D eigenvalue weighted by molar-refractivity contribution is -0.144. The summed E-state index contributed by atoms with van der Waals surface area (Å²) in [7, 11) is 1.12. The van der Waals surface area contributed by atoms with Crippen LogP contribution in [0.15, 0.2) is 33.7 Å². The molecule has 1 aliphatic heterocycles. The molecule has 3 rings (SSSR count). The van der Waals surface area contributed by atoms with Gasteiger partial charge in [-0.05, 0) is 23.8 Å². The van der Waals surface area contributed by atoms with Gasteiger partial charge in [0.15, 0.2) is 0 Å². The van der Waals surface area contributed by atoms with Crippen molar-refractivity contribution in [3.05, 3.63) is 45.8 Å². The number of carbonyl (C=O) groups excluding carboxylic acids is 1. The quantitative estimate of drug-likeness (QED) is 0.678. The summed E-state index contributed by atoms with van der Waals surface area (Å²) < 4.78 is 15.3. The van der Waals surface area contributed by atoms with Gasteiger partial charge in [0.05, 0.1) is 31.6 Å². The molecular formula is C16H14O8. The first-order valence-corrected chi connectivity index (χ1v) is 7.00. The monoisotopic (exact) mass is 334 g/mol. The molecule has 2 heterocycles. The fourth-order valence-corrected chi connectivity index (χ4v) is 2.64. The van der Waals surface area contributed by atoms with Crippen LogP contribution in [0, 0.1) is 0 Å². The predicted octanol–water partition coefficient (Wildman–Crippen LogP) is 0.514. The van der Waals surface area contributed by atoms with E-state index in [4.69, 9.17) is 9.15 Å². The van der Waals surface area contributed by atoms with E-state index in [2.05, 4.69) is 4.74 Å². The van der Waals surface area contributed by atoms with Crippen molar-refractivity contribution < 1.29 is 34.0 Å². The van der Waals surface area contributed by atoms with E-state index in [0.29, 0.717) is 5.56 Å². The Kier molecular flexibility index (Phi) is 4.00. The highest BCUT2D eigenvalue weighted by Crippen LogP contribution is 2.35. The minimum Gasteiger partial charge on any atom is -0.507 e. The van der Waals surface area contributed by atoms with Crippen LogP contribution >= 0.6 is 0 Å². The molecule has 0 saturated carbocycles. The van der Waals surface area contributed by atoms with E-state index >= 15 is 0 Å². The lowest BCUT2D eigenvalue weighted by Crippen LogP contribution is -2.30. The van der Waals surface area contributed by atoms with E-state index in [-0.39, 0.29) is 29.1 Å². The Morgan fingerprint density at radius 1 is 1.38 bits per heavy atom. The summed E-state index contributed by atoms with van der Waals surface area (Å²) in [6.07, 6.45) is 0.912. The number of phenolic OH excluding ortho intramolecular Hbond substituents is 1. The molecule has 126 valence electrons. The summed E-state index contributed by atoms with van der Waals surface area (Å²) in [6, 6.07) is 2.59. The number of aliphatic hydroxyl groups is 2. The number of hydrogen-bond acceptors (Lipinski definition) is 8. The molecule has 8 nitrogen and oxygen atoms in total. The molecule has 0 radical (unpaired) electrons. The molecule has 1 aliphatic rings. The summed E-state index contributed by atoms with van der Waals surface area (Å²) in [4.78, 5) is 24.8. The fraction of sp³-hybridized carbons (Fsp3) is 0.250. The number of benzene rings is 1. The van der Waals surface area contributed by atoms with Crippen molar-refractivity contribution in [3.63, 3.8) is 0 Å². The van der Waals surface area contributed by atoms with Gasteiger partial charge in [-0.15, -0.1) is 0 Å². The standard InChI is InChI=1S/C16H14O8/c1-22-15(21)12-8(18)2-3-23-16-13(12)14(20)11-9(19)4-7(6-17)5-10(11)24-16/h2-5,8,12,17-19H,6H2,1H3/t8-,12-/m1/s1. The molecule has 24 heavy (non-hydrogen) atoms. The lowest BCUT2D eigenvalue weighted by atomic mass is 9.93. The van der Waals surface area contributed by atoms with Gasteiger partial charge in [-0.1, -0.05) is 0 Å². The number of aromatic hydroxyl groups is 1. The van der Waals surface area contributed by atoms with Crippen molar-refractivity contribution in [1.82, 2.24) is 0 Å². The molecule has 0 spiro atoms. The molecule has 3 N–H and O–H groups in total. The van der Waals surface area contributed by atoms with E-state index < -0.39 is 29.2 Å². The highest BCUT2D eigenvalue weighted by atomic mass is 16.6. The summed E-state index contributed by atoms with van der Waals surface area (Å²) in [5.74, 6) is -2.91. The summed E-state index contributed by atoms with van der Waals surface area (Å²) in [5, 5.41) is 29.2. The van der Waals surface area contributed by atoms with Gasteiger partial charge < -0.3 is 29.2 Å². The number of fused-ring (bicyclic) bond motifs is 2. The second-order valence-corrected chi connectivity index (χ2v) is 5.22. The van der Waals surface area contributed by atoms with Crippen molar-refractivity contribution in [2.24, 2.45) is 0 Å². The van der Waals surface area contributed by atoms with E-state index in [0.717, 1.165) is 13.4 Å². The Morgan fingerprint density at radius 3 is 2.79 bits per heavy atom. The van der Waals surface area contributed by atoms with Crippen molar-refractivity contribution in [2.45, 2.75) is 18.6 Å². The highest BCUT2D eigenvalue weighted by Gasteiger charge is 2.37. The van der Waals surface area contributed by atoms with Gasteiger partial charge in [0.2, 0.25) is 5.43 Å². The smallest absolute Gasteiger partial charge is 0.316 e. The Labute approximate surface area is 135 Å². The summed E-state index contributed by atoms with van der Waals surface area (Å²) in [5.41, 5.74) is -0.668. The van der Waals surface area contributed by atoms with E-state index in [1.807, 2.05) is 0 Å². The first-order chi connectivity index (χ1) is 11.5. The van der Waals surface area contributed by atoms with Crippen LogP contribution in [0.2, 0.25) is 0 Å². The number of phenols is 1. The Hall–Kier alpha value is -2.84. The fourth-order valence-electron chi connectivity index (χ4n) is 2.64. The maximum Gasteiger partial charge on any atom is 0.316 e. The second kappa shape index (κ2) is 5.99. The van der Waals surface area contributed by atoms with Crippen LogP contribution in [0.25, 0.3) is 11.0 Å². The number of carbonyl (C=O) groups is 1. The third-order valence-electron chi connectivity index (χ3n) is 3.78. The third-order valence-corrected chi connectivity index (χ3v) is 3.78. The Morgan fingerprint density at radius 2 is 2.12 bits per heavy atom. The normalized spacial score (nSPS) is 19.5. The number of esters is 1. The minimum absolute atomic E-state index is 0.0174. The molecule has 8 heteroatoms. The topological polar surface area (TPSA) is 126 Å². The molecule has 2 aromatic rings. The molecule has 0 fully saturated rings. The number of ether oxygens (including phenoxy) is 2. The first-order valence-electron chi connectivity index (χ1n) is 7.00. The highest BCUT2D eigenvalue weighted by molar-refractivity contribution is 5.87. The molecule has 0 unspecified atom stereocenters. The van der Waals surface area contributed by atoms with Crippen molar-refractivity contribution >= 4 is 16.9 Å². The van der Waals surface area contributed by atoms with Gasteiger partial charge in [-0.2, -0.15) is 0 Å². The molecule has 0 aliphatic carbocycles. The zero-order valence-electron chi connectivity index (χ0n) is 12.6. The summed E-state index contributed by atoms with van der Waals surface area (Å²) >= 11 is 0. The maximum atomic E-state index is 12.8. The van der Waals surface area contributed by atoms with E-state index in [1.165, 1.54) is 18.2 Å². The van der Waals surface area contributed by atoms with Crippen LogP contribution in [-0.2, 0) is 16.1 Å². The van der Waals surface area contributed by atoms with Crippen LogP contribution in [0.5, 0.6) is 11.7 Å². The molecular weight excluding hydrogens is 320 g/mol. The van der Waals surface area contributed by atoms with Gasteiger partial charge in [-0.3, -0.25) is 9.59 Å². The zero-order chi connectivity index (χ0) is 17.4. The molecule has 0 bridgehead atoms. The van der Waals surface area contributed by atoms with Crippen molar-refractivity contribution in [2.75, 3.05) is 7.11 Å². The number of aliphatic hydroxyl groups excluding tert-OH is 2. The maximum absolute atomic E-state index is 12.8.